The minimum Gasteiger partial charge on any atom is -0.394 e. The van der Waals surface area contributed by atoms with E-state index in [1.165, 1.54) is 0 Å². The fourth-order valence-electron chi connectivity index (χ4n) is 0.793. The van der Waals surface area contributed by atoms with E-state index in [4.69, 9.17) is 14.6 Å². The van der Waals surface area contributed by atoms with Crippen molar-refractivity contribution < 1.29 is 14.6 Å². The second-order valence-electron chi connectivity index (χ2n) is 5.01. The molecule has 0 aliphatic carbocycles. The van der Waals surface area contributed by atoms with Gasteiger partial charge in [0.1, 0.15) is 0 Å². The van der Waals surface area contributed by atoms with E-state index < -0.39 is 0 Å². The first-order chi connectivity index (χ1) is 6.35. The Kier molecular flexibility index (Phi) is 6.33. The summed E-state index contributed by atoms with van der Waals surface area (Å²) < 4.78 is 10.9. The van der Waals surface area contributed by atoms with Crippen LogP contribution in [0.1, 0.15) is 34.6 Å². The maximum Gasteiger partial charge on any atom is 0.0780 e. The minimum absolute atomic E-state index is 0.0615. The predicted molar refractivity (Wildman–Crippen MR) is 57.4 cm³/mol. The highest BCUT2D eigenvalue weighted by Gasteiger charge is 2.13. The molecule has 0 amide bonds. The molecule has 3 nitrogen and oxygen atoms in total. The first-order valence-electron chi connectivity index (χ1n) is 5.19. The van der Waals surface area contributed by atoms with Gasteiger partial charge in [0.05, 0.1) is 32.0 Å². The molecule has 0 aliphatic heterocycles. The summed E-state index contributed by atoms with van der Waals surface area (Å²) in [7, 11) is 0. The van der Waals surface area contributed by atoms with Crippen LogP contribution in [0.3, 0.4) is 0 Å². The third-order valence-electron chi connectivity index (χ3n) is 1.67. The number of hydrogen-bond acceptors (Lipinski definition) is 3. The quantitative estimate of drug-likeness (QED) is 0.717. The smallest absolute Gasteiger partial charge is 0.0780 e. The molecule has 14 heavy (non-hydrogen) atoms. The van der Waals surface area contributed by atoms with Gasteiger partial charge >= 0.3 is 0 Å². The fourth-order valence-corrected chi connectivity index (χ4v) is 0.793. The summed E-state index contributed by atoms with van der Waals surface area (Å²) >= 11 is 0. The zero-order valence-electron chi connectivity index (χ0n) is 10.0. The largest absolute Gasteiger partial charge is 0.394 e. The van der Waals surface area contributed by atoms with Crippen LogP contribution < -0.4 is 0 Å². The van der Waals surface area contributed by atoms with Crippen molar-refractivity contribution in [3.8, 4) is 0 Å². The third-order valence-corrected chi connectivity index (χ3v) is 1.67. The van der Waals surface area contributed by atoms with Crippen molar-refractivity contribution in [3.63, 3.8) is 0 Å². The summed E-state index contributed by atoms with van der Waals surface area (Å²) in [6, 6.07) is 0. The van der Waals surface area contributed by atoms with E-state index in [2.05, 4.69) is 20.8 Å². The molecule has 0 aliphatic rings. The molecule has 0 aromatic rings. The lowest BCUT2D eigenvalue weighted by Crippen LogP contribution is -2.26. The molecular weight excluding hydrogens is 180 g/mol. The molecule has 86 valence electrons. The molecule has 0 aromatic carbocycles. The van der Waals surface area contributed by atoms with E-state index in [1.807, 2.05) is 13.8 Å². The molecule has 0 fully saturated rings. The molecule has 0 aromatic heterocycles. The van der Waals surface area contributed by atoms with Crippen molar-refractivity contribution in [1.82, 2.24) is 0 Å². The highest BCUT2D eigenvalue weighted by Crippen LogP contribution is 2.14. The van der Waals surface area contributed by atoms with Gasteiger partial charge in [0, 0.05) is 0 Å². The molecule has 0 spiro atoms. The second-order valence-corrected chi connectivity index (χ2v) is 5.01. The van der Waals surface area contributed by atoms with Crippen molar-refractivity contribution in [2.75, 3.05) is 19.8 Å². The zero-order valence-corrected chi connectivity index (χ0v) is 10.0. The second kappa shape index (κ2) is 6.38. The Bertz CT molecular complexity index is 140. The highest BCUT2D eigenvalue weighted by molar-refractivity contribution is 4.61. The van der Waals surface area contributed by atoms with E-state index >= 15 is 0 Å². The molecular formula is C11H24O3. The summed E-state index contributed by atoms with van der Waals surface area (Å²) in [4.78, 5) is 0. The average Bonchev–Trinajstić information content (AvgIpc) is 2.09. The molecule has 0 saturated heterocycles. The van der Waals surface area contributed by atoms with Gasteiger partial charge in [-0.25, -0.2) is 0 Å². The van der Waals surface area contributed by atoms with Crippen LogP contribution in [0.15, 0.2) is 0 Å². The van der Waals surface area contributed by atoms with Crippen LogP contribution in [-0.4, -0.2) is 37.1 Å². The molecule has 0 heterocycles. The Labute approximate surface area is 87.4 Å². The molecule has 2 unspecified atom stereocenters. The first-order valence-corrected chi connectivity index (χ1v) is 5.19. The summed E-state index contributed by atoms with van der Waals surface area (Å²) in [5.41, 5.74) is 0.191. The molecule has 0 rings (SSSR count). The van der Waals surface area contributed by atoms with Gasteiger partial charge in [0.15, 0.2) is 0 Å². The summed E-state index contributed by atoms with van der Waals surface area (Å²) in [5.74, 6) is 0. The van der Waals surface area contributed by atoms with Crippen LogP contribution in [0.5, 0.6) is 0 Å². The van der Waals surface area contributed by atoms with Gasteiger partial charge in [0.2, 0.25) is 0 Å². The van der Waals surface area contributed by atoms with Gasteiger partial charge in [-0.1, -0.05) is 20.8 Å². The normalized spacial score (nSPS) is 16.7. The Balaban J connectivity index is 3.51. The highest BCUT2D eigenvalue weighted by atomic mass is 16.5. The summed E-state index contributed by atoms with van der Waals surface area (Å²) in [5, 5.41) is 8.74. The molecule has 1 N–H and O–H groups in total. The Morgan fingerprint density at radius 2 is 1.64 bits per heavy atom. The molecule has 2 atom stereocenters. The average molecular weight is 204 g/mol. The van der Waals surface area contributed by atoms with Crippen molar-refractivity contribution in [1.29, 1.82) is 0 Å². The topological polar surface area (TPSA) is 38.7 Å². The maximum atomic E-state index is 8.74. The van der Waals surface area contributed by atoms with Crippen molar-refractivity contribution in [2.24, 2.45) is 5.41 Å². The zero-order chi connectivity index (χ0) is 11.2. The van der Waals surface area contributed by atoms with Gasteiger partial charge in [0.25, 0.3) is 0 Å². The third kappa shape index (κ3) is 8.48. The van der Waals surface area contributed by atoms with Crippen molar-refractivity contribution in [3.05, 3.63) is 0 Å². The van der Waals surface area contributed by atoms with Crippen LogP contribution in [0.2, 0.25) is 0 Å². The van der Waals surface area contributed by atoms with Gasteiger partial charge in [-0.2, -0.15) is 0 Å². The SMILES string of the molecule is CC(CO)OCC(C)OCC(C)(C)C. The number of aliphatic hydroxyl groups is 1. The van der Waals surface area contributed by atoms with Crippen LogP contribution in [-0.2, 0) is 9.47 Å². The van der Waals surface area contributed by atoms with Gasteiger partial charge in [-0.05, 0) is 19.3 Å². The lowest BCUT2D eigenvalue weighted by Gasteiger charge is -2.22. The number of hydrogen-bond donors (Lipinski definition) is 1. The summed E-state index contributed by atoms with van der Waals surface area (Å²) in [6.45, 7) is 11.6. The number of aliphatic hydroxyl groups excluding tert-OH is 1. The van der Waals surface area contributed by atoms with Crippen LogP contribution in [0.4, 0.5) is 0 Å². The Morgan fingerprint density at radius 1 is 1.07 bits per heavy atom. The van der Waals surface area contributed by atoms with Gasteiger partial charge in [-0.15, -0.1) is 0 Å². The number of rotatable bonds is 6. The van der Waals surface area contributed by atoms with E-state index in [9.17, 15) is 0 Å². The standard InChI is InChI=1S/C11H24O3/c1-9(6-12)13-7-10(2)14-8-11(3,4)5/h9-10,12H,6-8H2,1-5H3. The monoisotopic (exact) mass is 204 g/mol. The molecule has 3 heteroatoms. The lowest BCUT2D eigenvalue weighted by molar-refractivity contribution is -0.0601. The molecule has 0 bridgehead atoms. The van der Waals surface area contributed by atoms with Gasteiger partial charge in [-0.3, -0.25) is 0 Å². The fraction of sp³-hybridized carbons (Fsp3) is 1.00. The number of ether oxygens (including phenoxy) is 2. The van der Waals surface area contributed by atoms with E-state index in [0.717, 1.165) is 6.61 Å². The maximum absolute atomic E-state index is 8.74. The van der Waals surface area contributed by atoms with E-state index in [-0.39, 0.29) is 24.2 Å². The van der Waals surface area contributed by atoms with E-state index in [0.29, 0.717) is 6.61 Å². The Morgan fingerprint density at radius 3 is 2.07 bits per heavy atom. The molecule has 0 radical (unpaired) electrons. The first kappa shape index (κ1) is 13.9. The van der Waals surface area contributed by atoms with Crippen LogP contribution in [0.25, 0.3) is 0 Å². The van der Waals surface area contributed by atoms with Crippen molar-refractivity contribution >= 4 is 0 Å². The Hall–Kier alpha value is -0.120. The predicted octanol–water partition coefficient (Wildman–Crippen LogP) is 1.83. The van der Waals surface area contributed by atoms with Crippen molar-refractivity contribution in [2.45, 2.75) is 46.8 Å². The van der Waals surface area contributed by atoms with Gasteiger partial charge < -0.3 is 14.6 Å². The lowest BCUT2D eigenvalue weighted by atomic mass is 9.99. The van der Waals surface area contributed by atoms with Crippen LogP contribution >= 0.6 is 0 Å². The minimum atomic E-state index is -0.101. The van der Waals surface area contributed by atoms with E-state index in [1.54, 1.807) is 0 Å². The van der Waals surface area contributed by atoms with Crippen LogP contribution in [0, 0.1) is 5.41 Å². The molecule has 0 saturated carbocycles. The summed E-state index contributed by atoms with van der Waals surface area (Å²) in [6.07, 6.45) is -0.0149.